The summed E-state index contributed by atoms with van der Waals surface area (Å²) in [7, 11) is 0. The van der Waals surface area contributed by atoms with Gasteiger partial charge < -0.3 is 5.32 Å². The number of rotatable bonds is 4. The van der Waals surface area contributed by atoms with Gasteiger partial charge in [-0.3, -0.25) is 4.98 Å². The van der Waals surface area contributed by atoms with Crippen molar-refractivity contribution in [2.75, 3.05) is 0 Å². The minimum absolute atomic E-state index is 0.279. The highest BCUT2D eigenvalue weighted by Gasteiger charge is 2.04. The van der Waals surface area contributed by atoms with E-state index in [1.165, 1.54) is 5.56 Å². The summed E-state index contributed by atoms with van der Waals surface area (Å²) in [5, 5.41) is 3.45. The zero-order valence-corrected chi connectivity index (χ0v) is 9.43. The highest BCUT2D eigenvalue weighted by atomic mass is 14.9. The molecular weight excluding hydrogens is 196 g/mol. The van der Waals surface area contributed by atoms with Gasteiger partial charge in [0.05, 0.1) is 5.69 Å². The van der Waals surface area contributed by atoms with Crippen LogP contribution in [0.3, 0.4) is 0 Å². The molecule has 82 valence electrons. The Hall–Kier alpha value is -1.67. The molecule has 2 aromatic rings. The quantitative estimate of drug-likeness (QED) is 0.842. The molecule has 0 aliphatic rings. The zero-order chi connectivity index (χ0) is 11.2. The number of benzene rings is 1. The van der Waals surface area contributed by atoms with Crippen molar-refractivity contribution in [1.82, 2.24) is 10.3 Å². The van der Waals surface area contributed by atoms with Crippen molar-refractivity contribution in [2.45, 2.75) is 19.5 Å². The minimum Gasteiger partial charge on any atom is -0.305 e. The van der Waals surface area contributed by atoms with Crippen molar-refractivity contribution in [3.63, 3.8) is 0 Å². The van der Waals surface area contributed by atoms with Gasteiger partial charge in [-0.2, -0.15) is 0 Å². The number of nitrogens with zero attached hydrogens (tertiary/aromatic N) is 1. The lowest BCUT2D eigenvalue weighted by Crippen LogP contribution is -2.18. The van der Waals surface area contributed by atoms with Gasteiger partial charge in [0.25, 0.3) is 0 Å². The third-order valence-electron chi connectivity index (χ3n) is 2.59. The fraction of sp³-hybridized carbons (Fsp3) is 0.214. The van der Waals surface area contributed by atoms with E-state index in [0.717, 1.165) is 12.2 Å². The monoisotopic (exact) mass is 212 g/mol. The van der Waals surface area contributed by atoms with E-state index in [4.69, 9.17) is 0 Å². The van der Waals surface area contributed by atoms with Crippen LogP contribution in [-0.2, 0) is 6.54 Å². The van der Waals surface area contributed by atoms with Gasteiger partial charge in [-0.25, -0.2) is 0 Å². The Morgan fingerprint density at radius 2 is 1.81 bits per heavy atom. The Labute approximate surface area is 96.4 Å². The molecule has 0 bridgehead atoms. The third-order valence-corrected chi connectivity index (χ3v) is 2.59. The van der Waals surface area contributed by atoms with Crippen LogP contribution in [0, 0.1) is 0 Å². The van der Waals surface area contributed by atoms with Gasteiger partial charge in [-0.15, -0.1) is 0 Å². The normalized spacial score (nSPS) is 12.3. The second-order valence-corrected chi connectivity index (χ2v) is 3.84. The van der Waals surface area contributed by atoms with E-state index in [0.29, 0.717) is 0 Å². The number of nitrogens with one attached hydrogen (secondary N) is 1. The highest BCUT2D eigenvalue weighted by molar-refractivity contribution is 5.15. The molecule has 0 saturated heterocycles. The summed E-state index contributed by atoms with van der Waals surface area (Å²) < 4.78 is 0. The van der Waals surface area contributed by atoms with Gasteiger partial charge in [-0.1, -0.05) is 36.4 Å². The van der Waals surface area contributed by atoms with Crippen LogP contribution in [0.25, 0.3) is 0 Å². The summed E-state index contributed by atoms with van der Waals surface area (Å²) in [5.74, 6) is 0. The van der Waals surface area contributed by atoms with E-state index in [9.17, 15) is 0 Å². The molecule has 0 spiro atoms. The fourth-order valence-electron chi connectivity index (χ4n) is 1.60. The van der Waals surface area contributed by atoms with E-state index >= 15 is 0 Å². The molecule has 0 aliphatic heterocycles. The van der Waals surface area contributed by atoms with E-state index in [1.807, 2.05) is 30.5 Å². The van der Waals surface area contributed by atoms with Crippen LogP contribution in [0.1, 0.15) is 24.2 Å². The Balaban J connectivity index is 1.92. The summed E-state index contributed by atoms with van der Waals surface area (Å²) in [5.41, 5.74) is 2.38. The lowest BCUT2D eigenvalue weighted by Gasteiger charge is -2.12. The molecular formula is C14H16N2. The largest absolute Gasteiger partial charge is 0.305 e. The Kier molecular flexibility index (Phi) is 3.67. The van der Waals surface area contributed by atoms with Crippen LogP contribution in [0.2, 0.25) is 0 Å². The molecule has 1 heterocycles. The first-order valence-electron chi connectivity index (χ1n) is 5.54. The Bertz CT molecular complexity index is 411. The molecule has 0 fully saturated rings. The van der Waals surface area contributed by atoms with Crippen molar-refractivity contribution in [1.29, 1.82) is 0 Å². The van der Waals surface area contributed by atoms with Crippen molar-refractivity contribution < 1.29 is 0 Å². The predicted octanol–water partition coefficient (Wildman–Crippen LogP) is 2.93. The molecule has 16 heavy (non-hydrogen) atoms. The molecule has 0 aliphatic carbocycles. The third kappa shape index (κ3) is 2.91. The number of hydrogen-bond acceptors (Lipinski definition) is 2. The molecule has 2 rings (SSSR count). The number of pyridine rings is 1. The van der Waals surface area contributed by atoms with Gasteiger partial charge in [0, 0.05) is 18.8 Å². The van der Waals surface area contributed by atoms with E-state index < -0.39 is 0 Å². The summed E-state index contributed by atoms with van der Waals surface area (Å²) in [4.78, 5) is 4.33. The first-order chi connectivity index (χ1) is 7.86. The SMILES string of the molecule is C[C@H](NCc1ccccc1)c1ccccn1. The molecule has 0 saturated carbocycles. The molecule has 0 unspecified atom stereocenters. The van der Waals surface area contributed by atoms with Gasteiger partial charge in [-0.05, 0) is 24.6 Å². The summed E-state index contributed by atoms with van der Waals surface area (Å²) >= 11 is 0. The van der Waals surface area contributed by atoms with Crippen LogP contribution in [0.4, 0.5) is 0 Å². The zero-order valence-electron chi connectivity index (χ0n) is 9.43. The molecule has 1 aromatic carbocycles. The fourth-order valence-corrected chi connectivity index (χ4v) is 1.60. The van der Waals surface area contributed by atoms with Crippen LogP contribution < -0.4 is 5.32 Å². The Morgan fingerprint density at radius 1 is 1.06 bits per heavy atom. The van der Waals surface area contributed by atoms with Crippen LogP contribution in [0.15, 0.2) is 54.7 Å². The van der Waals surface area contributed by atoms with Crippen molar-refractivity contribution in [3.05, 3.63) is 66.0 Å². The van der Waals surface area contributed by atoms with Crippen molar-refractivity contribution >= 4 is 0 Å². The van der Waals surface area contributed by atoms with Gasteiger partial charge >= 0.3 is 0 Å². The average Bonchev–Trinajstić information content (AvgIpc) is 2.38. The number of hydrogen-bond donors (Lipinski definition) is 1. The molecule has 0 radical (unpaired) electrons. The van der Waals surface area contributed by atoms with E-state index in [-0.39, 0.29) is 6.04 Å². The standard InChI is InChI=1S/C14H16N2/c1-12(14-9-5-6-10-15-14)16-11-13-7-3-2-4-8-13/h2-10,12,16H,11H2,1H3/t12-/m0/s1. The maximum Gasteiger partial charge on any atom is 0.0570 e. The molecule has 2 nitrogen and oxygen atoms in total. The van der Waals surface area contributed by atoms with Gasteiger partial charge in [0.2, 0.25) is 0 Å². The van der Waals surface area contributed by atoms with Gasteiger partial charge in [0.15, 0.2) is 0 Å². The van der Waals surface area contributed by atoms with E-state index in [2.05, 4.69) is 41.5 Å². The lowest BCUT2D eigenvalue weighted by atomic mass is 10.2. The van der Waals surface area contributed by atoms with Crippen LogP contribution in [-0.4, -0.2) is 4.98 Å². The van der Waals surface area contributed by atoms with Crippen LogP contribution in [0.5, 0.6) is 0 Å². The molecule has 1 aromatic heterocycles. The number of aromatic nitrogens is 1. The van der Waals surface area contributed by atoms with Gasteiger partial charge in [0.1, 0.15) is 0 Å². The molecule has 0 amide bonds. The maximum absolute atomic E-state index is 4.33. The molecule has 2 heteroatoms. The lowest BCUT2D eigenvalue weighted by molar-refractivity contribution is 0.561. The van der Waals surface area contributed by atoms with Crippen LogP contribution >= 0.6 is 0 Å². The Morgan fingerprint density at radius 3 is 2.50 bits per heavy atom. The second-order valence-electron chi connectivity index (χ2n) is 3.84. The summed E-state index contributed by atoms with van der Waals surface area (Å²) in [6.07, 6.45) is 1.83. The summed E-state index contributed by atoms with van der Waals surface area (Å²) in [6.45, 7) is 3.00. The van der Waals surface area contributed by atoms with E-state index in [1.54, 1.807) is 0 Å². The van der Waals surface area contributed by atoms with Crippen molar-refractivity contribution in [3.8, 4) is 0 Å². The first kappa shape index (κ1) is 10.8. The average molecular weight is 212 g/mol. The second kappa shape index (κ2) is 5.42. The molecule has 1 N–H and O–H groups in total. The highest BCUT2D eigenvalue weighted by Crippen LogP contribution is 2.09. The minimum atomic E-state index is 0.279. The smallest absolute Gasteiger partial charge is 0.0570 e. The topological polar surface area (TPSA) is 24.9 Å². The predicted molar refractivity (Wildman–Crippen MR) is 65.9 cm³/mol. The molecule has 1 atom stereocenters. The maximum atomic E-state index is 4.33. The summed E-state index contributed by atoms with van der Waals surface area (Å²) in [6, 6.07) is 16.7. The first-order valence-corrected chi connectivity index (χ1v) is 5.54. The van der Waals surface area contributed by atoms with Crippen molar-refractivity contribution in [2.24, 2.45) is 0 Å².